The first-order chi connectivity index (χ1) is 10.4. The van der Waals surface area contributed by atoms with Crippen molar-refractivity contribution in [2.45, 2.75) is 13.0 Å². The summed E-state index contributed by atoms with van der Waals surface area (Å²) in [6.07, 6.45) is 3.18. The molecule has 0 saturated heterocycles. The third-order valence-electron chi connectivity index (χ3n) is 3.56. The third kappa shape index (κ3) is 3.33. The predicted molar refractivity (Wildman–Crippen MR) is 87.5 cm³/mol. The smallest absolute Gasteiger partial charge is 0.0992 e. The van der Waals surface area contributed by atoms with Crippen LogP contribution in [0, 0.1) is 11.3 Å². The molecule has 0 aliphatic heterocycles. The van der Waals surface area contributed by atoms with Gasteiger partial charge < -0.3 is 9.88 Å². The van der Waals surface area contributed by atoms with Crippen LogP contribution in [0.4, 0.5) is 0 Å². The standard InChI is InChI=1S/C17H17N3S/c18-13-14-3-4-15-6-9-20(17(15)12-14)10-8-19-7-5-16-2-1-11-21-16/h1-4,6,9,11-12,19H,5,7-8,10H2. The molecule has 1 aromatic carbocycles. The number of nitriles is 1. The minimum atomic E-state index is 0.716. The fourth-order valence-corrected chi connectivity index (χ4v) is 3.15. The average molecular weight is 295 g/mol. The molecule has 0 aliphatic rings. The van der Waals surface area contributed by atoms with E-state index in [0.717, 1.165) is 31.6 Å². The maximum Gasteiger partial charge on any atom is 0.0992 e. The first-order valence-corrected chi connectivity index (χ1v) is 7.97. The second-order valence-corrected chi connectivity index (χ2v) is 6.01. The summed E-state index contributed by atoms with van der Waals surface area (Å²) < 4.78 is 2.20. The van der Waals surface area contributed by atoms with Gasteiger partial charge in [0.1, 0.15) is 0 Å². The number of fused-ring (bicyclic) bond motifs is 1. The van der Waals surface area contributed by atoms with Gasteiger partial charge in [0.15, 0.2) is 0 Å². The number of nitrogens with one attached hydrogen (secondary N) is 1. The van der Waals surface area contributed by atoms with Crippen LogP contribution in [0.1, 0.15) is 10.4 Å². The number of benzene rings is 1. The molecule has 2 aromatic heterocycles. The number of aromatic nitrogens is 1. The molecule has 2 heterocycles. The van der Waals surface area contributed by atoms with Crippen molar-refractivity contribution < 1.29 is 0 Å². The van der Waals surface area contributed by atoms with E-state index in [4.69, 9.17) is 5.26 Å². The molecular weight excluding hydrogens is 278 g/mol. The summed E-state index contributed by atoms with van der Waals surface area (Å²) in [5.74, 6) is 0. The lowest BCUT2D eigenvalue weighted by molar-refractivity contribution is 0.611. The first-order valence-electron chi connectivity index (χ1n) is 7.09. The van der Waals surface area contributed by atoms with E-state index in [1.165, 1.54) is 10.3 Å². The van der Waals surface area contributed by atoms with Gasteiger partial charge in [-0.3, -0.25) is 0 Å². The molecule has 3 rings (SSSR count). The molecule has 0 unspecified atom stereocenters. The van der Waals surface area contributed by atoms with E-state index in [2.05, 4.69) is 45.7 Å². The van der Waals surface area contributed by atoms with E-state index >= 15 is 0 Å². The van der Waals surface area contributed by atoms with E-state index in [1.54, 1.807) is 0 Å². The lowest BCUT2D eigenvalue weighted by Crippen LogP contribution is -2.21. The summed E-state index contributed by atoms with van der Waals surface area (Å²) in [4.78, 5) is 1.42. The Balaban J connectivity index is 1.54. The molecule has 0 saturated carbocycles. The van der Waals surface area contributed by atoms with Gasteiger partial charge in [-0.05, 0) is 41.5 Å². The van der Waals surface area contributed by atoms with Crippen LogP contribution in [-0.2, 0) is 13.0 Å². The summed E-state index contributed by atoms with van der Waals surface area (Å²) in [6, 6.07) is 14.4. The van der Waals surface area contributed by atoms with Crippen molar-refractivity contribution in [2.24, 2.45) is 0 Å². The zero-order valence-electron chi connectivity index (χ0n) is 11.7. The molecule has 106 valence electrons. The second-order valence-electron chi connectivity index (χ2n) is 4.97. The van der Waals surface area contributed by atoms with Gasteiger partial charge in [0.2, 0.25) is 0 Å². The van der Waals surface area contributed by atoms with Crippen molar-refractivity contribution in [3.8, 4) is 6.07 Å². The van der Waals surface area contributed by atoms with Gasteiger partial charge in [-0.25, -0.2) is 0 Å². The summed E-state index contributed by atoms with van der Waals surface area (Å²) in [5, 5.41) is 15.8. The van der Waals surface area contributed by atoms with Gasteiger partial charge in [-0.2, -0.15) is 5.26 Å². The van der Waals surface area contributed by atoms with Gasteiger partial charge >= 0.3 is 0 Å². The molecule has 0 radical (unpaired) electrons. The van der Waals surface area contributed by atoms with Crippen LogP contribution in [0.25, 0.3) is 10.9 Å². The largest absolute Gasteiger partial charge is 0.346 e. The van der Waals surface area contributed by atoms with Crippen LogP contribution in [0.15, 0.2) is 48.0 Å². The number of thiophene rings is 1. The van der Waals surface area contributed by atoms with Crippen molar-refractivity contribution in [1.82, 2.24) is 9.88 Å². The topological polar surface area (TPSA) is 40.8 Å². The van der Waals surface area contributed by atoms with Crippen LogP contribution in [0.2, 0.25) is 0 Å². The molecule has 0 atom stereocenters. The normalized spacial score (nSPS) is 10.8. The van der Waals surface area contributed by atoms with Crippen molar-refractivity contribution in [3.63, 3.8) is 0 Å². The maximum absolute atomic E-state index is 8.99. The van der Waals surface area contributed by atoms with Crippen molar-refractivity contribution in [1.29, 1.82) is 5.26 Å². The molecule has 0 fully saturated rings. The van der Waals surface area contributed by atoms with Crippen LogP contribution in [-0.4, -0.2) is 17.7 Å². The predicted octanol–water partition coefficient (Wildman–Crippen LogP) is 3.41. The first kappa shape index (κ1) is 13.9. The maximum atomic E-state index is 8.99. The number of nitrogens with zero attached hydrogens (tertiary/aromatic N) is 2. The molecule has 3 aromatic rings. The Kier molecular flexibility index (Phi) is 4.34. The molecule has 4 heteroatoms. The highest BCUT2D eigenvalue weighted by Gasteiger charge is 2.02. The molecular formula is C17H17N3S. The molecule has 0 bridgehead atoms. The number of hydrogen-bond donors (Lipinski definition) is 1. The highest BCUT2D eigenvalue weighted by Crippen LogP contribution is 2.17. The number of rotatable bonds is 6. The Morgan fingerprint density at radius 1 is 1.19 bits per heavy atom. The van der Waals surface area contributed by atoms with Gasteiger partial charge in [-0.1, -0.05) is 12.1 Å². The Labute approximate surface area is 128 Å². The van der Waals surface area contributed by atoms with E-state index in [1.807, 2.05) is 29.5 Å². The van der Waals surface area contributed by atoms with Gasteiger partial charge in [0.25, 0.3) is 0 Å². The summed E-state index contributed by atoms with van der Waals surface area (Å²) in [6.45, 7) is 2.86. The Morgan fingerprint density at radius 2 is 2.14 bits per heavy atom. The Bertz CT molecular complexity index is 750. The lowest BCUT2D eigenvalue weighted by atomic mass is 10.2. The fraction of sp³-hybridized carbons (Fsp3) is 0.235. The van der Waals surface area contributed by atoms with Crippen LogP contribution in [0.3, 0.4) is 0 Å². The molecule has 21 heavy (non-hydrogen) atoms. The molecule has 3 nitrogen and oxygen atoms in total. The molecule has 0 aliphatic carbocycles. The van der Waals surface area contributed by atoms with Crippen LogP contribution >= 0.6 is 11.3 Å². The zero-order valence-corrected chi connectivity index (χ0v) is 12.6. The Hall–Kier alpha value is -2.09. The summed E-state index contributed by atoms with van der Waals surface area (Å²) >= 11 is 1.81. The summed E-state index contributed by atoms with van der Waals surface area (Å²) in [7, 11) is 0. The highest BCUT2D eigenvalue weighted by molar-refractivity contribution is 7.09. The van der Waals surface area contributed by atoms with Gasteiger partial charge in [-0.15, -0.1) is 11.3 Å². The van der Waals surface area contributed by atoms with Gasteiger partial charge in [0.05, 0.1) is 11.6 Å². The SMILES string of the molecule is N#Cc1ccc2ccn(CCNCCc3cccs3)c2c1. The minimum Gasteiger partial charge on any atom is -0.346 e. The fourth-order valence-electron chi connectivity index (χ4n) is 2.44. The highest BCUT2D eigenvalue weighted by atomic mass is 32.1. The minimum absolute atomic E-state index is 0.716. The second kappa shape index (κ2) is 6.57. The zero-order chi connectivity index (χ0) is 14.5. The monoisotopic (exact) mass is 295 g/mol. The Morgan fingerprint density at radius 3 is 2.95 bits per heavy atom. The average Bonchev–Trinajstić information content (AvgIpc) is 3.16. The van der Waals surface area contributed by atoms with Crippen molar-refractivity contribution >= 4 is 22.2 Å². The number of hydrogen-bond acceptors (Lipinski definition) is 3. The van der Waals surface area contributed by atoms with E-state index < -0.39 is 0 Å². The van der Waals surface area contributed by atoms with E-state index in [-0.39, 0.29) is 0 Å². The lowest BCUT2D eigenvalue weighted by Gasteiger charge is -2.07. The summed E-state index contributed by atoms with van der Waals surface area (Å²) in [5.41, 5.74) is 1.85. The van der Waals surface area contributed by atoms with E-state index in [0.29, 0.717) is 5.56 Å². The van der Waals surface area contributed by atoms with Crippen molar-refractivity contribution in [3.05, 3.63) is 58.4 Å². The third-order valence-corrected chi connectivity index (χ3v) is 4.50. The van der Waals surface area contributed by atoms with Crippen LogP contribution in [0.5, 0.6) is 0 Å². The molecule has 0 amide bonds. The molecule has 0 spiro atoms. The van der Waals surface area contributed by atoms with E-state index in [9.17, 15) is 0 Å². The molecule has 1 N–H and O–H groups in total. The van der Waals surface area contributed by atoms with Crippen molar-refractivity contribution in [2.75, 3.05) is 13.1 Å². The van der Waals surface area contributed by atoms with Gasteiger partial charge in [0, 0.05) is 36.2 Å². The van der Waals surface area contributed by atoms with Crippen LogP contribution < -0.4 is 5.32 Å². The quantitative estimate of drug-likeness (QED) is 0.708.